The molecule has 1 fully saturated rings. The molecule has 3 heterocycles. The van der Waals surface area contributed by atoms with E-state index in [9.17, 15) is 4.79 Å². The second kappa shape index (κ2) is 6.78. The Morgan fingerprint density at radius 2 is 2.17 bits per heavy atom. The molecule has 0 aliphatic carbocycles. The van der Waals surface area contributed by atoms with Gasteiger partial charge in [-0.15, -0.1) is 0 Å². The summed E-state index contributed by atoms with van der Waals surface area (Å²) in [6, 6.07) is 5.42. The fourth-order valence-electron chi connectivity index (χ4n) is 2.60. The molecule has 3 rings (SSSR count). The van der Waals surface area contributed by atoms with Gasteiger partial charge in [-0.1, -0.05) is 5.16 Å². The van der Waals surface area contributed by atoms with Crippen LogP contribution in [0.15, 0.2) is 28.9 Å². The van der Waals surface area contributed by atoms with E-state index in [0.29, 0.717) is 31.1 Å². The third kappa shape index (κ3) is 3.50. The number of aromatic nitrogens is 2. The van der Waals surface area contributed by atoms with Gasteiger partial charge < -0.3 is 19.1 Å². The first kappa shape index (κ1) is 15.5. The van der Waals surface area contributed by atoms with Crippen molar-refractivity contribution in [1.82, 2.24) is 15.0 Å². The molecule has 0 spiro atoms. The van der Waals surface area contributed by atoms with Crippen LogP contribution in [0.1, 0.15) is 21.8 Å². The van der Waals surface area contributed by atoms with Crippen molar-refractivity contribution in [2.75, 3.05) is 38.3 Å². The molecule has 0 N–H and O–H groups in total. The number of amides is 1. The zero-order valence-electron chi connectivity index (χ0n) is 13.4. The first-order valence-corrected chi connectivity index (χ1v) is 7.60. The number of ether oxygens (including phenoxy) is 1. The Bertz CT molecular complexity index is 679. The highest BCUT2D eigenvalue weighted by molar-refractivity contribution is 5.98. The second-order valence-corrected chi connectivity index (χ2v) is 5.56. The van der Waals surface area contributed by atoms with E-state index < -0.39 is 0 Å². The van der Waals surface area contributed by atoms with E-state index in [2.05, 4.69) is 15.0 Å². The number of rotatable bonds is 4. The molecule has 0 radical (unpaired) electrons. The number of morpholine rings is 1. The van der Waals surface area contributed by atoms with E-state index in [1.807, 2.05) is 19.1 Å². The Labute approximate surface area is 134 Å². The quantitative estimate of drug-likeness (QED) is 0.851. The lowest BCUT2D eigenvalue weighted by Gasteiger charge is -2.29. The van der Waals surface area contributed by atoms with Gasteiger partial charge in [0.05, 0.1) is 25.3 Å². The maximum Gasteiger partial charge on any atom is 0.257 e. The molecule has 7 heteroatoms. The predicted octanol–water partition coefficient (Wildman–Crippen LogP) is 1.49. The number of pyridine rings is 1. The van der Waals surface area contributed by atoms with E-state index >= 15 is 0 Å². The van der Waals surface area contributed by atoms with Crippen molar-refractivity contribution in [3.8, 4) is 0 Å². The zero-order chi connectivity index (χ0) is 16.2. The third-order valence-corrected chi connectivity index (χ3v) is 3.75. The van der Waals surface area contributed by atoms with Crippen LogP contribution >= 0.6 is 0 Å². The number of carbonyl (C=O) groups excluding carboxylic acids is 1. The minimum Gasteiger partial charge on any atom is -0.378 e. The summed E-state index contributed by atoms with van der Waals surface area (Å²) < 4.78 is 10.4. The SMILES string of the molecule is Cc1cc(CN(C)C(=O)c2cccnc2N2CCOCC2)no1. The lowest BCUT2D eigenvalue weighted by molar-refractivity contribution is 0.0781. The van der Waals surface area contributed by atoms with Gasteiger partial charge in [0.1, 0.15) is 17.3 Å². The standard InChI is InChI=1S/C16H20N4O3/c1-12-10-13(18-23-12)11-19(2)16(21)14-4-3-5-17-15(14)20-6-8-22-9-7-20/h3-5,10H,6-9,11H2,1-2H3. The molecule has 1 amide bonds. The first-order chi connectivity index (χ1) is 11.1. The number of carbonyl (C=O) groups is 1. The molecule has 1 saturated heterocycles. The van der Waals surface area contributed by atoms with E-state index in [4.69, 9.17) is 9.26 Å². The first-order valence-electron chi connectivity index (χ1n) is 7.60. The monoisotopic (exact) mass is 316 g/mol. The van der Waals surface area contributed by atoms with Gasteiger partial charge in [-0.05, 0) is 19.1 Å². The van der Waals surface area contributed by atoms with Crippen LogP contribution in [0, 0.1) is 6.92 Å². The minimum atomic E-state index is -0.0831. The van der Waals surface area contributed by atoms with Crippen molar-refractivity contribution in [3.63, 3.8) is 0 Å². The van der Waals surface area contributed by atoms with Crippen LogP contribution in [0.2, 0.25) is 0 Å². The van der Waals surface area contributed by atoms with Crippen molar-refractivity contribution >= 4 is 11.7 Å². The summed E-state index contributed by atoms with van der Waals surface area (Å²) in [6.45, 7) is 5.01. The van der Waals surface area contributed by atoms with Crippen LogP contribution in [0.25, 0.3) is 0 Å². The van der Waals surface area contributed by atoms with E-state index in [1.165, 1.54) is 0 Å². The molecule has 0 bridgehead atoms. The molecule has 2 aromatic heterocycles. The average molecular weight is 316 g/mol. The van der Waals surface area contributed by atoms with E-state index in [1.54, 1.807) is 24.2 Å². The summed E-state index contributed by atoms with van der Waals surface area (Å²) in [4.78, 5) is 20.9. The number of hydrogen-bond acceptors (Lipinski definition) is 6. The molecule has 7 nitrogen and oxygen atoms in total. The predicted molar refractivity (Wildman–Crippen MR) is 84.3 cm³/mol. The highest BCUT2D eigenvalue weighted by Gasteiger charge is 2.22. The third-order valence-electron chi connectivity index (χ3n) is 3.75. The average Bonchev–Trinajstić information content (AvgIpc) is 3.00. The number of anilines is 1. The molecule has 1 aliphatic rings. The molecule has 0 saturated carbocycles. The van der Waals surface area contributed by atoms with Crippen LogP contribution in [0.5, 0.6) is 0 Å². The smallest absolute Gasteiger partial charge is 0.257 e. The summed E-state index contributed by atoms with van der Waals surface area (Å²) in [5.41, 5.74) is 1.33. The maximum absolute atomic E-state index is 12.8. The normalized spacial score (nSPS) is 14.8. The Morgan fingerprint density at radius 3 is 2.87 bits per heavy atom. The summed E-state index contributed by atoms with van der Waals surface area (Å²) in [7, 11) is 1.75. The van der Waals surface area contributed by atoms with Crippen molar-refractivity contribution < 1.29 is 14.1 Å². The Kier molecular flexibility index (Phi) is 4.57. The lowest BCUT2D eigenvalue weighted by atomic mass is 10.2. The summed E-state index contributed by atoms with van der Waals surface area (Å²) in [5, 5.41) is 3.93. The molecule has 0 atom stereocenters. The Balaban J connectivity index is 1.78. The number of aryl methyl sites for hydroxylation is 1. The highest BCUT2D eigenvalue weighted by atomic mass is 16.5. The van der Waals surface area contributed by atoms with Crippen molar-refractivity contribution in [1.29, 1.82) is 0 Å². The zero-order valence-corrected chi connectivity index (χ0v) is 13.4. The lowest BCUT2D eigenvalue weighted by Crippen LogP contribution is -2.38. The molecule has 122 valence electrons. The van der Waals surface area contributed by atoms with Crippen LogP contribution in [-0.2, 0) is 11.3 Å². The molecule has 23 heavy (non-hydrogen) atoms. The van der Waals surface area contributed by atoms with Gasteiger partial charge in [-0.3, -0.25) is 4.79 Å². The van der Waals surface area contributed by atoms with Crippen LogP contribution in [-0.4, -0.2) is 54.3 Å². The van der Waals surface area contributed by atoms with E-state index in [-0.39, 0.29) is 5.91 Å². The molecular weight excluding hydrogens is 296 g/mol. The largest absolute Gasteiger partial charge is 0.378 e. The van der Waals surface area contributed by atoms with Crippen molar-refractivity contribution in [3.05, 3.63) is 41.4 Å². The number of nitrogens with zero attached hydrogens (tertiary/aromatic N) is 4. The van der Waals surface area contributed by atoms with Gasteiger partial charge in [-0.25, -0.2) is 4.98 Å². The van der Waals surface area contributed by atoms with Gasteiger partial charge >= 0.3 is 0 Å². The molecule has 0 aromatic carbocycles. The molecule has 0 unspecified atom stereocenters. The van der Waals surface area contributed by atoms with E-state index in [0.717, 1.165) is 24.5 Å². The minimum absolute atomic E-state index is 0.0831. The fraction of sp³-hybridized carbons (Fsp3) is 0.438. The highest BCUT2D eigenvalue weighted by Crippen LogP contribution is 2.20. The van der Waals surface area contributed by atoms with Crippen LogP contribution < -0.4 is 4.90 Å². The van der Waals surface area contributed by atoms with Gasteiger partial charge in [0.2, 0.25) is 0 Å². The molecule has 2 aromatic rings. The summed E-state index contributed by atoms with van der Waals surface area (Å²) in [5.74, 6) is 1.36. The molecular formula is C16H20N4O3. The van der Waals surface area contributed by atoms with Gasteiger partial charge in [0.15, 0.2) is 0 Å². The van der Waals surface area contributed by atoms with Crippen molar-refractivity contribution in [2.24, 2.45) is 0 Å². The summed E-state index contributed by atoms with van der Waals surface area (Å²) in [6.07, 6.45) is 1.71. The van der Waals surface area contributed by atoms with Crippen LogP contribution in [0.4, 0.5) is 5.82 Å². The summed E-state index contributed by atoms with van der Waals surface area (Å²) >= 11 is 0. The second-order valence-electron chi connectivity index (χ2n) is 5.56. The Hall–Kier alpha value is -2.41. The number of hydrogen-bond donors (Lipinski definition) is 0. The fourth-order valence-corrected chi connectivity index (χ4v) is 2.60. The van der Waals surface area contributed by atoms with Gasteiger partial charge in [0, 0.05) is 32.4 Å². The van der Waals surface area contributed by atoms with Crippen LogP contribution in [0.3, 0.4) is 0 Å². The Morgan fingerprint density at radius 1 is 1.39 bits per heavy atom. The topological polar surface area (TPSA) is 71.7 Å². The molecule has 1 aliphatic heterocycles. The van der Waals surface area contributed by atoms with Crippen molar-refractivity contribution in [2.45, 2.75) is 13.5 Å². The van der Waals surface area contributed by atoms with Gasteiger partial charge in [0.25, 0.3) is 5.91 Å². The van der Waals surface area contributed by atoms with Gasteiger partial charge in [-0.2, -0.15) is 0 Å². The maximum atomic E-state index is 12.8.